The van der Waals surface area contributed by atoms with Crippen molar-refractivity contribution in [1.82, 2.24) is 9.78 Å². The summed E-state index contributed by atoms with van der Waals surface area (Å²) in [7, 11) is 0. The second-order valence-electron chi connectivity index (χ2n) is 5.28. The van der Waals surface area contributed by atoms with Crippen LogP contribution in [-0.2, 0) is 16.1 Å². The number of hydrogen-bond donors (Lipinski definition) is 2. The Bertz CT molecular complexity index is 809. The maximum Gasteiger partial charge on any atom is 0.356 e. The summed E-state index contributed by atoms with van der Waals surface area (Å²) < 4.78 is 6.43. The van der Waals surface area contributed by atoms with Crippen LogP contribution in [0.15, 0.2) is 12.3 Å². The summed E-state index contributed by atoms with van der Waals surface area (Å²) in [6, 6.07) is 1.37. The maximum atomic E-state index is 12.2. The van der Waals surface area contributed by atoms with E-state index >= 15 is 0 Å². The van der Waals surface area contributed by atoms with E-state index in [2.05, 4.69) is 10.4 Å². The molecular formula is C16H19N3O5S. The highest BCUT2D eigenvalue weighted by atomic mass is 32.1. The number of rotatable bonds is 7. The van der Waals surface area contributed by atoms with Gasteiger partial charge in [0, 0.05) is 24.0 Å². The van der Waals surface area contributed by atoms with Gasteiger partial charge in [-0.2, -0.15) is 5.10 Å². The van der Waals surface area contributed by atoms with Gasteiger partial charge < -0.3 is 15.2 Å². The molecule has 0 aliphatic heterocycles. The van der Waals surface area contributed by atoms with Gasteiger partial charge >= 0.3 is 11.9 Å². The number of carboxylic acid groups (broad SMARTS) is 1. The van der Waals surface area contributed by atoms with E-state index in [1.165, 1.54) is 28.3 Å². The number of esters is 1. The lowest BCUT2D eigenvalue weighted by atomic mass is 10.1. The van der Waals surface area contributed by atoms with Crippen molar-refractivity contribution in [2.75, 3.05) is 11.9 Å². The Morgan fingerprint density at radius 1 is 1.36 bits per heavy atom. The molecule has 2 aromatic heterocycles. The van der Waals surface area contributed by atoms with Crippen LogP contribution in [0.2, 0.25) is 0 Å². The minimum atomic E-state index is -1.12. The molecule has 0 fully saturated rings. The number of carboxylic acids is 1. The van der Waals surface area contributed by atoms with Crippen molar-refractivity contribution < 1.29 is 24.2 Å². The van der Waals surface area contributed by atoms with Gasteiger partial charge in [0.15, 0.2) is 5.69 Å². The largest absolute Gasteiger partial charge is 0.476 e. The van der Waals surface area contributed by atoms with E-state index in [0.717, 1.165) is 10.4 Å². The zero-order chi connectivity index (χ0) is 18.6. The van der Waals surface area contributed by atoms with Crippen LogP contribution in [0.3, 0.4) is 0 Å². The van der Waals surface area contributed by atoms with E-state index in [9.17, 15) is 14.4 Å². The molecule has 2 heterocycles. The molecule has 2 rings (SSSR count). The first-order valence-corrected chi connectivity index (χ1v) is 8.48. The summed E-state index contributed by atoms with van der Waals surface area (Å²) in [4.78, 5) is 36.0. The van der Waals surface area contributed by atoms with Crippen LogP contribution in [0.5, 0.6) is 0 Å². The van der Waals surface area contributed by atoms with Gasteiger partial charge in [0.05, 0.1) is 12.2 Å². The average molecular weight is 365 g/mol. The third-order valence-electron chi connectivity index (χ3n) is 3.55. The smallest absolute Gasteiger partial charge is 0.356 e. The van der Waals surface area contributed by atoms with Gasteiger partial charge in [-0.05, 0) is 32.4 Å². The predicted molar refractivity (Wildman–Crippen MR) is 92.2 cm³/mol. The normalized spacial score (nSPS) is 10.5. The van der Waals surface area contributed by atoms with Crippen molar-refractivity contribution >= 4 is 34.2 Å². The number of aromatic carboxylic acids is 1. The molecule has 0 aliphatic carbocycles. The Morgan fingerprint density at radius 3 is 2.68 bits per heavy atom. The van der Waals surface area contributed by atoms with Crippen molar-refractivity contribution in [3.63, 3.8) is 0 Å². The van der Waals surface area contributed by atoms with Gasteiger partial charge in [0.1, 0.15) is 5.00 Å². The van der Waals surface area contributed by atoms with E-state index in [1.807, 2.05) is 13.8 Å². The van der Waals surface area contributed by atoms with Crippen molar-refractivity contribution in [3.8, 4) is 0 Å². The van der Waals surface area contributed by atoms with Crippen LogP contribution in [-0.4, -0.2) is 39.3 Å². The lowest BCUT2D eigenvalue weighted by Gasteiger charge is -2.07. The highest BCUT2D eigenvalue weighted by Gasteiger charge is 2.22. The van der Waals surface area contributed by atoms with E-state index in [1.54, 1.807) is 6.92 Å². The number of carbonyl (C=O) groups excluding carboxylic acids is 2. The number of nitrogens with one attached hydrogen (secondary N) is 1. The number of aromatic nitrogens is 2. The molecule has 0 saturated heterocycles. The summed E-state index contributed by atoms with van der Waals surface area (Å²) in [5, 5.41) is 15.9. The van der Waals surface area contributed by atoms with Gasteiger partial charge in [-0.3, -0.25) is 9.48 Å². The lowest BCUT2D eigenvalue weighted by Crippen LogP contribution is -2.17. The number of thiophene rings is 1. The molecule has 25 heavy (non-hydrogen) atoms. The molecular weight excluding hydrogens is 346 g/mol. The van der Waals surface area contributed by atoms with Crippen molar-refractivity contribution in [2.45, 2.75) is 33.7 Å². The molecule has 0 bridgehead atoms. The average Bonchev–Trinajstić information content (AvgIpc) is 3.11. The number of nitrogens with zero attached hydrogens (tertiary/aromatic N) is 2. The quantitative estimate of drug-likeness (QED) is 0.729. The highest BCUT2D eigenvalue weighted by molar-refractivity contribution is 7.16. The van der Waals surface area contributed by atoms with E-state index in [4.69, 9.17) is 9.84 Å². The molecule has 134 valence electrons. The molecule has 0 spiro atoms. The maximum absolute atomic E-state index is 12.2. The summed E-state index contributed by atoms with van der Waals surface area (Å²) in [5.41, 5.74) is 1.09. The molecule has 0 atom stereocenters. The predicted octanol–water partition coefficient (Wildman–Crippen LogP) is 2.47. The van der Waals surface area contributed by atoms with E-state index < -0.39 is 11.9 Å². The lowest BCUT2D eigenvalue weighted by molar-refractivity contribution is -0.116. The summed E-state index contributed by atoms with van der Waals surface area (Å²) in [6.45, 7) is 5.89. The first-order chi connectivity index (χ1) is 11.8. The van der Waals surface area contributed by atoms with Gasteiger partial charge in [0.2, 0.25) is 5.91 Å². The van der Waals surface area contributed by atoms with Crippen LogP contribution in [0.1, 0.15) is 44.6 Å². The molecule has 8 nitrogen and oxygen atoms in total. The first kappa shape index (κ1) is 18.7. The van der Waals surface area contributed by atoms with Crippen molar-refractivity contribution in [1.29, 1.82) is 0 Å². The molecule has 0 aromatic carbocycles. The summed E-state index contributed by atoms with van der Waals surface area (Å²) in [5.74, 6) is -1.87. The second kappa shape index (κ2) is 7.93. The number of anilines is 1. The number of hydrogen-bond acceptors (Lipinski definition) is 6. The van der Waals surface area contributed by atoms with Gasteiger partial charge in [-0.15, -0.1) is 11.3 Å². The fraction of sp³-hybridized carbons (Fsp3) is 0.375. The molecule has 2 aromatic rings. The monoisotopic (exact) mass is 365 g/mol. The molecule has 9 heteroatoms. The van der Waals surface area contributed by atoms with Crippen LogP contribution in [0, 0.1) is 13.8 Å². The van der Waals surface area contributed by atoms with Crippen LogP contribution in [0.4, 0.5) is 5.00 Å². The molecule has 1 amide bonds. The Hall–Kier alpha value is -2.68. The van der Waals surface area contributed by atoms with Crippen molar-refractivity contribution in [2.24, 2.45) is 0 Å². The zero-order valence-corrected chi connectivity index (χ0v) is 15.0. The van der Waals surface area contributed by atoms with E-state index in [-0.39, 0.29) is 31.2 Å². The minimum absolute atomic E-state index is 0.0745. The third kappa shape index (κ3) is 4.44. The number of amides is 1. The summed E-state index contributed by atoms with van der Waals surface area (Å²) in [6.07, 6.45) is 1.60. The fourth-order valence-electron chi connectivity index (χ4n) is 2.17. The standard InChI is InChI=1S/C16H19N3O5S/c1-4-24-16(23)13-9(2)10(3)25-14(13)17-12(20)6-8-19-7-5-11(18-19)15(21)22/h5,7H,4,6,8H2,1-3H3,(H,17,20)(H,21,22). The molecule has 0 radical (unpaired) electrons. The third-order valence-corrected chi connectivity index (χ3v) is 4.67. The SMILES string of the molecule is CCOC(=O)c1c(NC(=O)CCn2ccc(C(=O)O)n2)sc(C)c1C. The number of carbonyl (C=O) groups is 3. The molecule has 0 saturated carbocycles. The molecule has 0 aliphatic rings. The van der Waals surface area contributed by atoms with Gasteiger partial charge in [-0.25, -0.2) is 9.59 Å². The number of aryl methyl sites for hydroxylation is 2. The van der Waals surface area contributed by atoms with Crippen LogP contribution in [0.25, 0.3) is 0 Å². The Morgan fingerprint density at radius 2 is 2.08 bits per heavy atom. The Kier molecular flexibility index (Phi) is 5.92. The van der Waals surface area contributed by atoms with Crippen LogP contribution < -0.4 is 5.32 Å². The van der Waals surface area contributed by atoms with Gasteiger partial charge in [-0.1, -0.05) is 0 Å². The van der Waals surface area contributed by atoms with Crippen molar-refractivity contribution in [3.05, 3.63) is 34.0 Å². The highest BCUT2D eigenvalue weighted by Crippen LogP contribution is 2.33. The number of ether oxygens (including phenoxy) is 1. The zero-order valence-electron chi connectivity index (χ0n) is 14.2. The first-order valence-electron chi connectivity index (χ1n) is 7.67. The fourth-order valence-corrected chi connectivity index (χ4v) is 3.23. The molecule has 2 N–H and O–H groups in total. The Balaban J connectivity index is 2.03. The minimum Gasteiger partial charge on any atom is -0.476 e. The summed E-state index contributed by atoms with van der Waals surface area (Å²) >= 11 is 1.32. The van der Waals surface area contributed by atoms with Gasteiger partial charge in [0.25, 0.3) is 0 Å². The second-order valence-corrected chi connectivity index (χ2v) is 6.50. The molecule has 0 unspecified atom stereocenters. The van der Waals surface area contributed by atoms with E-state index in [0.29, 0.717) is 10.6 Å². The Labute approximate surface area is 148 Å². The van der Waals surface area contributed by atoms with Crippen LogP contribution >= 0.6 is 11.3 Å². The topological polar surface area (TPSA) is 111 Å².